The molecular weight excluding hydrogens is 269 g/mol. The minimum atomic E-state index is -5.11. The maximum Gasteiger partial charge on any atom is 0.422 e. The van der Waals surface area contributed by atoms with Crippen molar-refractivity contribution in [1.82, 2.24) is 10.6 Å². The van der Waals surface area contributed by atoms with Crippen LogP contribution in [0.15, 0.2) is 0 Å². The maximum atomic E-state index is 12.6. The molecule has 0 aromatic heterocycles. The predicted molar refractivity (Wildman–Crippen MR) is 59.7 cm³/mol. The van der Waals surface area contributed by atoms with E-state index in [2.05, 4.69) is 5.32 Å². The van der Waals surface area contributed by atoms with Crippen molar-refractivity contribution in [1.29, 1.82) is 0 Å². The van der Waals surface area contributed by atoms with E-state index in [-0.39, 0.29) is 6.54 Å². The monoisotopic (exact) mass is 286 g/mol. The van der Waals surface area contributed by atoms with E-state index in [9.17, 15) is 22.8 Å². The van der Waals surface area contributed by atoms with Crippen LogP contribution in [0.3, 0.4) is 0 Å². The van der Waals surface area contributed by atoms with E-state index in [0.29, 0.717) is 13.5 Å². The zero-order valence-electron chi connectivity index (χ0n) is 10.8. The van der Waals surface area contributed by atoms with E-state index in [0.717, 1.165) is 0 Å². The van der Waals surface area contributed by atoms with Gasteiger partial charge in [-0.3, -0.25) is 0 Å². The highest BCUT2D eigenvalue weighted by molar-refractivity contribution is 5.86. The Morgan fingerprint density at radius 1 is 1.37 bits per heavy atom. The number of rotatable bonds is 6. The lowest BCUT2D eigenvalue weighted by Crippen LogP contribution is -2.63. The molecule has 0 fully saturated rings. The number of halogens is 3. The molecule has 19 heavy (non-hydrogen) atoms. The van der Waals surface area contributed by atoms with Crippen molar-refractivity contribution in [2.45, 2.75) is 38.6 Å². The highest BCUT2D eigenvalue weighted by atomic mass is 19.4. The van der Waals surface area contributed by atoms with Gasteiger partial charge in [-0.2, -0.15) is 13.2 Å². The number of aliphatic carboxylic acids is 1. The number of carbonyl (C=O) groups is 2. The molecule has 3 N–H and O–H groups in total. The van der Waals surface area contributed by atoms with Crippen LogP contribution in [0.4, 0.5) is 18.0 Å². The van der Waals surface area contributed by atoms with Crippen LogP contribution in [-0.2, 0) is 9.53 Å². The molecule has 0 saturated heterocycles. The molecule has 0 bridgehead atoms. The van der Waals surface area contributed by atoms with Crippen molar-refractivity contribution >= 4 is 12.0 Å². The van der Waals surface area contributed by atoms with Gasteiger partial charge < -0.3 is 20.5 Å². The highest BCUT2D eigenvalue weighted by Crippen LogP contribution is 2.30. The molecule has 2 unspecified atom stereocenters. The van der Waals surface area contributed by atoms with Crippen molar-refractivity contribution in [2.24, 2.45) is 0 Å². The molecular formula is C10H17F3N2O4. The second-order valence-corrected chi connectivity index (χ2v) is 4.03. The standard InChI is InChI=1S/C10H17F3N2O4/c1-4-19-6(2)5-14-8(18)15-9(3,7(16)17)10(11,12)13/h6H,4-5H2,1-3H3,(H,16,17)(H2,14,15,18). The van der Waals surface area contributed by atoms with Gasteiger partial charge in [0.15, 0.2) is 0 Å². The number of urea groups is 1. The molecule has 2 amide bonds. The first kappa shape index (κ1) is 17.5. The van der Waals surface area contributed by atoms with Crippen LogP contribution in [0.25, 0.3) is 0 Å². The van der Waals surface area contributed by atoms with Gasteiger partial charge in [-0.25, -0.2) is 9.59 Å². The molecule has 0 radical (unpaired) electrons. The summed E-state index contributed by atoms with van der Waals surface area (Å²) < 4.78 is 42.8. The Morgan fingerprint density at radius 3 is 2.26 bits per heavy atom. The van der Waals surface area contributed by atoms with E-state index in [4.69, 9.17) is 9.84 Å². The zero-order chi connectivity index (χ0) is 15.3. The molecule has 0 rings (SSSR count). The summed E-state index contributed by atoms with van der Waals surface area (Å²) in [5, 5.41) is 12.1. The van der Waals surface area contributed by atoms with Crippen LogP contribution in [0, 0.1) is 0 Å². The molecule has 2 atom stereocenters. The quantitative estimate of drug-likeness (QED) is 0.682. The fraction of sp³-hybridized carbons (Fsp3) is 0.800. The first-order valence-corrected chi connectivity index (χ1v) is 5.52. The van der Waals surface area contributed by atoms with Gasteiger partial charge in [0.25, 0.3) is 0 Å². The van der Waals surface area contributed by atoms with Crippen molar-refractivity contribution < 1.29 is 32.6 Å². The first-order chi connectivity index (χ1) is 8.54. The summed E-state index contributed by atoms with van der Waals surface area (Å²) in [6.07, 6.45) is -5.50. The van der Waals surface area contributed by atoms with E-state index < -0.39 is 29.8 Å². The molecule has 0 aliphatic heterocycles. The maximum absolute atomic E-state index is 12.6. The fourth-order valence-electron chi connectivity index (χ4n) is 1.10. The van der Waals surface area contributed by atoms with E-state index in [1.54, 1.807) is 13.8 Å². The molecule has 6 nitrogen and oxygen atoms in total. The summed E-state index contributed by atoms with van der Waals surface area (Å²) >= 11 is 0. The Morgan fingerprint density at radius 2 is 1.89 bits per heavy atom. The molecule has 0 aromatic rings. The number of nitrogens with one attached hydrogen (secondary N) is 2. The number of ether oxygens (including phenoxy) is 1. The summed E-state index contributed by atoms with van der Waals surface area (Å²) in [5.74, 6) is -2.19. The van der Waals surface area contributed by atoms with Gasteiger partial charge in [-0.05, 0) is 20.8 Å². The lowest BCUT2D eigenvalue weighted by Gasteiger charge is -2.28. The minimum absolute atomic E-state index is 0.0345. The Balaban J connectivity index is 4.55. The molecule has 0 heterocycles. The summed E-state index contributed by atoms with van der Waals surface area (Å²) in [6.45, 7) is 4.07. The SMILES string of the molecule is CCOC(C)CNC(=O)NC(C)(C(=O)O)C(F)(F)F. The third kappa shape index (κ3) is 4.93. The molecule has 112 valence electrons. The van der Waals surface area contributed by atoms with E-state index in [1.165, 1.54) is 5.32 Å². The number of carboxylic acids is 1. The molecule has 0 aromatic carbocycles. The summed E-state index contributed by atoms with van der Waals surface area (Å²) in [5.41, 5.74) is -3.34. The number of carboxylic acid groups (broad SMARTS) is 1. The average molecular weight is 286 g/mol. The summed E-state index contributed by atoms with van der Waals surface area (Å²) in [4.78, 5) is 21.9. The number of amides is 2. The van der Waals surface area contributed by atoms with Crippen LogP contribution in [0.1, 0.15) is 20.8 Å². The van der Waals surface area contributed by atoms with Crippen molar-refractivity contribution in [3.8, 4) is 0 Å². The molecule has 0 aliphatic carbocycles. The Hall–Kier alpha value is -1.51. The average Bonchev–Trinajstić information content (AvgIpc) is 2.24. The summed E-state index contributed by atoms with van der Waals surface area (Å²) in [7, 11) is 0. The third-order valence-electron chi connectivity index (χ3n) is 2.36. The van der Waals surface area contributed by atoms with Crippen LogP contribution in [-0.4, -0.2) is 48.1 Å². The molecule has 0 saturated carbocycles. The summed E-state index contributed by atoms with van der Waals surface area (Å²) in [6, 6.07) is -1.23. The largest absolute Gasteiger partial charge is 0.479 e. The van der Waals surface area contributed by atoms with E-state index >= 15 is 0 Å². The van der Waals surface area contributed by atoms with Gasteiger partial charge in [0.2, 0.25) is 5.54 Å². The van der Waals surface area contributed by atoms with Gasteiger partial charge in [0.1, 0.15) is 0 Å². The fourth-order valence-corrected chi connectivity index (χ4v) is 1.10. The second-order valence-electron chi connectivity index (χ2n) is 4.03. The van der Waals surface area contributed by atoms with Gasteiger partial charge >= 0.3 is 18.2 Å². The lowest BCUT2D eigenvalue weighted by atomic mass is 10.0. The van der Waals surface area contributed by atoms with Crippen LogP contribution in [0.5, 0.6) is 0 Å². The highest BCUT2D eigenvalue weighted by Gasteiger charge is 2.58. The minimum Gasteiger partial charge on any atom is -0.479 e. The number of carbonyl (C=O) groups excluding carboxylic acids is 1. The van der Waals surface area contributed by atoms with Crippen molar-refractivity contribution in [2.75, 3.05) is 13.2 Å². The normalized spacial score (nSPS) is 16.3. The second kappa shape index (κ2) is 6.60. The van der Waals surface area contributed by atoms with Crippen molar-refractivity contribution in [3.63, 3.8) is 0 Å². The van der Waals surface area contributed by atoms with Crippen molar-refractivity contribution in [3.05, 3.63) is 0 Å². The molecule has 0 aliphatic rings. The molecule has 0 spiro atoms. The van der Waals surface area contributed by atoms with Crippen LogP contribution >= 0.6 is 0 Å². The van der Waals surface area contributed by atoms with Gasteiger partial charge in [0, 0.05) is 13.2 Å². The first-order valence-electron chi connectivity index (χ1n) is 5.52. The van der Waals surface area contributed by atoms with Gasteiger partial charge in [0.05, 0.1) is 6.10 Å². The van der Waals surface area contributed by atoms with Gasteiger partial charge in [-0.15, -0.1) is 0 Å². The van der Waals surface area contributed by atoms with E-state index in [1.807, 2.05) is 0 Å². The number of hydrogen-bond donors (Lipinski definition) is 3. The Labute approximate surface area is 108 Å². The number of hydrogen-bond acceptors (Lipinski definition) is 3. The Bertz CT molecular complexity index is 335. The zero-order valence-corrected chi connectivity index (χ0v) is 10.8. The molecule has 9 heteroatoms. The third-order valence-corrected chi connectivity index (χ3v) is 2.36. The topological polar surface area (TPSA) is 87.7 Å². The smallest absolute Gasteiger partial charge is 0.422 e. The van der Waals surface area contributed by atoms with Gasteiger partial charge in [-0.1, -0.05) is 0 Å². The number of alkyl halides is 3. The lowest BCUT2D eigenvalue weighted by molar-refractivity contribution is -0.203. The van der Waals surface area contributed by atoms with Crippen LogP contribution < -0.4 is 10.6 Å². The predicted octanol–water partition coefficient (Wildman–Crippen LogP) is 1.12. The van der Waals surface area contributed by atoms with Crippen LogP contribution in [0.2, 0.25) is 0 Å². The Kier molecular flexibility index (Phi) is 6.07.